The Morgan fingerprint density at radius 1 is 1.08 bits per heavy atom. The average Bonchev–Trinajstić information content (AvgIpc) is 2.67. The van der Waals surface area contributed by atoms with Crippen molar-refractivity contribution in [3.8, 4) is 5.75 Å². The van der Waals surface area contributed by atoms with Crippen LogP contribution in [-0.4, -0.2) is 49.0 Å². The molecule has 0 saturated carbocycles. The molecule has 1 saturated heterocycles. The second kappa shape index (κ2) is 8.68. The van der Waals surface area contributed by atoms with E-state index in [1.807, 2.05) is 42.2 Å². The second-order valence-corrected chi connectivity index (χ2v) is 6.67. The molecule has 3 rings (SSSR count). The lowest BCUT2D eigenvalue weighted by Gasteiger charge is -2.34. The van der Waals surface area contributed by atoms with Crippen molar-refractivity contribution in [1.82, 2.24) is 9.80 Å². The average molecular weight is 350 g/mol. The zero-order valence-corrected chi connectivity index (χ0v) is 15.5. The van der Waals surface area contributed by atoms with Crippen LogP contribution in [0.25, 0.3) is 6.08 Å². The maximum atomic E-state index is 12.5. The first-order chi connectivity index (χ1) is 12.7. The number of carbonyl (C=O) groups is 1. The van der Waals surface area contributed by atoms with Gasteiger partial charge in [0, 0.05) is 44.4 Å². The number of hydrogen-bond donors (Lipinski definition) is 0. The molecule has 1 amide bonds. The molecule has 0 N–H and O–H groups in total. The van der Waals surface area contributed by atoms with Gasteiger partial charge in [-0.25, -0.2) is 0 Å². The van der Waals surface area contributed by atoms with E-state index in [0.29, 0.717) is 0 Å². The lowest BCUT2D eigenvalue weighted by atomic mass is 10.1. The van der Waals surface area contributed by atoms with E-state index < -0.39 is 0 Å². The molecule has 0 radical (unpaired) electrons. The predicted molar refractivity (Wildman–Crippen MR) is 105 cm³/mol. The van der Waals surface area contributed by atoms with Gasteiger partial charge in [-0.2, -0.15) is 0 Å². The number of hydrogen-bond acceptors (Lipinski definition) is 3. The molecule has 0 bridgehead atoms. The molecule has 2 aromatic rings. The molecule has 1 aliphatic rings. The van der Waals surface area contributed by atoms with Gasteiger partial charge < -0.3 is 9.64 Å². The molecule has 0 atom stereocenters. The topological polar surface area (TPSA) is 32.8 Å². The maximum absolute atomic E-state index is 12.5. The van der Waals surface area contributed by atoms with Gasteiger partial charge in [0.2, 0.25) is 5.91 Å². The summed E-state index contributed by atoms with van der Waals surface area (Å²) in [5.41, 5.74) is 3.40. The molecule has 0 aliphatic carbocycles. The minimum atomic E-state index is 0.0629. The van der Waals surface area contributed by atoms with Crippen molar-refractivity contribution in [2.45, 2.75) is 13.5 Å². The Bertz CT molecular complexity index is 763. The third-order valence-electron chi connectivity index (χ3n) is 4.72. The first kappa shape index (κ1) is 18.2. The van der Waals surface area contributed by atoms with E-state index in [1.54, 1.807) is 13.2 Å². The summed E-state index contributed by atoms with van der Waals surface area (Å²) in [5, 5.41) is 0. The van der Waals surface area contributed by atoms with Crippen LogP contribution in [-0.2, 0) is 11.3 Å². The van der Waals surface area contributed by atoms with Crippen LogP contribution in [0.2, 0.25) is 0 Å². The van der Waals surface area contributed by atoms with Crippen LogP contribution in [0.1, 0.15) is 16.7 Å². The third-order valence-corrected chi connectivity index (χ3v) is 4.72. The summed E-state index contributed by atoms with van der Waals surface area (Å²) in [6.07, 6.45) is 3.51. The number of benzene rings is 2. The zero-order chi connectivity index (χ0) is 18.4. The summed E-state index contributed by atoms with van der Waals surface area (Å²) in [6, 6.07) is 16.4. The highest BCUT2D eigenvalue weighted by molar-refractivity contribution is 5.92. The van der Waals surface area contributed by atoms with Crippen molar-refractivity contribution in [1.29, 1.82) is 0 Å². The lowest BCUT2D eigenvalue weighted by Crippen LogP contribution is -2.47. The van der Waals surface area contributed by atoms with Crippen LogP contribution in [0.15, 0.2) is 54.6 Å². The fourth-order valence-electron chi connectivity index (χ4n) is 3.22. The van der Waals surface area contributed by atoms with Gasteiger partial charge in [0.1, 0.15) is 5.75 Å². The van der Waals surface area contributed by atoms with Gasteiger partial charge in [-0.05, 0) is 30.7 Å². The molecule has 1 fully saturated rings. The number of ether oxygens (including phenoxy) is 1. The SMILES string of the molecule is COc1ccc(C)cc1/C=C/C(=O)N1CCN(Cc2ccccc2)CC1. The highest BCUT2D eigenvalue weighted by Crippen LogP contribution is 2.21. The van der Waals surface area contributed by atoms with Crippen LogP contribution in [0.3, 0.4) is 0 Å². The van der Waals surface area contributed by atoms with Crippen molar-refractivity contribution in [3.05, 3.63) is 71.3 Å². The third kappa shape index (κ3) is 4.73. The standard InChI is InChI=1S/C22H26N2O2/c1-18-8-10-21(26-2)20(16-18)9-11-22(25)24-14-12-23(13-15-24)17-19-6-4-3-5-7-19/h3-11,16H,12-15,17H2,1-2H3/b11-9+. The number of piperazine rings is 1. The van der Waals surface area contributed by atoms with Crippen LogP contribution in [0.5, 0.6) is 5.75 Å². The van der Waals surface area contributed by atoms with Gasteiger partial charge in [0.15, 0.2) is 0 Å². The van der Waals surface area contributed by atoms with Crippen LogP contribution >= 0.6 is 0 Å². The Morgan fingerprint density at radius 3 is 2.50 bits per heavy atom. The Kier molecular flexibility index (Phi) is 6.08. The predicted octanol–water partition coefficient (Wildman–Crippen LogP) is 3.36. The number of amides is 1. The maximum Gasteiger partial charge on any atom is 0.246 e. The summed E-state index contributed by atoms with van der Waals surface area (Å²) in [5.74, 6) is 0.847. The van der Waals surface area contributed by atoms with Crippen molar-refractivity contribution in [2.24, 2.45) is 0 Å². The molecule has 1 heterocycles. The zero-order valence-electron chi connectivity index (χ0n) is 15.5. The number of rotatable bonds is 5. The number of methoxy groups -OCH3 is 1. The fraction of sp³-hybridized carbons (Fsp3) is 0.318. The summed E-state index contributed by atoms with van der Waals surface area (Å²) in [6.45, 7) is 6.32. The molecule has 2 aromatic carbocycles. The molecule has 1 aliphatic heterocycles. The molecular formula is C22H26N2O2. The Labute approximate surface area is 155 Å². The van der Waals surface area contributed by atoms with E-state index in [1.165, 1.54) is 5.56 Å². The highest BCUT2D eigenvalue weighted by Gasteiger charge is 2.19. The summed E-state index contributed by atoms with van der Waals surface area (Å²) < 4.78 is 5.37. The van der Waals surface area contributed by atoms with Crippen LogP contribution in [0.4, 0.5) is 0 Å². The second-order valence-electron chi connectivity index (χ2n) is 6.67. The molecule has 0 aromatic heterocycles. The van der Waals surface area contributed by atoms with Gasteiger partial charge in [0.05, 0.1) is 7.11 Å². The number of aryl methyl sites for hydroxylation is 1. The highest BCUT2D eigenvalue weighted by atomic mass is 16.5. The Balaban J connectivity index is 1.54. The normalized spacial score (nSPS) is 15.4. The summed E-state index contributed by atoms with van der Waals surface area (Å²) in [4.78, 5) is 16.8. The van der Waals surface area contributed by atoms with Crippen molar-refractivity contribution in [2.75, 3.05) is 33.3 Å². The molecule has 4 nitrogen and oxygen atoms in total. The van der Waals surface area contributed by atoms with Gasteiger partial charge in [0.25, 0.3) is 0 Å². The van der Waals surface area contributed by atoms with Crippen LogP contribution < -0.4 is 4.74 Å². The van der Waals surface area contributed by atoms with E-state index in [4.69, 9.17) is 4.74 Å². The largest absolute Gasteiger partial charge is 0.496 e. The quantitative estimate of drug-likeness (QED) is 0.775. The first-order valence-electron chi connectivity index (χ1n) is 9.03. The van der Waals surface area contributed by atoms with Crippen molar-refractivity contribution in [3.63, 3.8) is 0 Å². The Hall–Kier alpha value is -2.59. The molecular weight excluding hydrogens is 324 g/mol. The van der Waals surface area contributed by atoms with Crippen molar-refractivity contribution >= 4 is 12.0 Å². The summed E-state index contributed by atoms with van der Waals surface area (Å²) >= 11 is 0. The Morgan fingerprint density at radius 2 is 1.81 bits per heavy atom. The minimum Gasteiger partial charge on any atom is -0.496 e. The lowest BCUT2D eigenvalue weighted by molar-refractivity contribution is -0.127. The summed E-state index contributed by atoms with van der Waals surface area (Å²) in [7, 11) is 1.65. The van der Waals surface area contributed by atoms with E-state index in [0.717, 1.165) is 49.6 Å². The first-order valence-corrected chi connectivity index (χ1v) is 9.03. The van der Waals surface area contributed by atoms with Gasteiger partial charge >= 0.3 is 0 Å². The van der Waals surface area contributed by atoms with E-state index in [-0.39, 0.29) is 5.91 Å². The monoisotopic (exact) mass is 350 g/mol. The van der Waals surface area contributed by atoms with Crippen molar-refractivity contribution < 1.29 is 9.53 Å². The molecule has 0 spiro atoms. The smallest absolute Gasteiger partial charge is 0.246 e. The number of carbonyl (C=O) groups excluding carboxylic acids is 1. The molecule has 26 heavy (non-hydrogen) atoms. The minimum absolute atomic E-state index is 0.0629. The van der Waals surface area contributed by atoms with Gasteiger partial charge in [-0.15, -0.1) is 0 Å². The number of nitrogens with zero attached hydrogens (tertiary/aromatic N) is 2. The van der Waals surface area contributed by atoms with E-state index >= 15 is 0 Å². The molecule has 0 unspecified atom stereocenters. The van der Waals surface area contributed by atoms with Gasteiger partial charge in [-0.3, -0.25) is 9.69 Å². The van der Waals surface area contributed by atoms with E-state index in [9.17, 15) is 4.79 Å². The van der Waals surface area contributed by atoms with Gasteiger partial charge in [-0.1, -0.05) is 42.0 Å². The molecule has 4 heteroatoms. The van der Waals surface area contributed by atoms with E-state index in [2.05, 4.69) is 29.2 Å². The molecule has 136 valence electrons. The van der Waals surface area contributed by atoms with Crippen LogP contribution in [0, 0.1) is 6.92 Å². The fourth-order valence-corrected chi connectivity index (χ4v) is 3.22.